The van der Waals surface area contributed by atoms with E-state index >= 15 is 0 Å². The lowest BCUT2D eigenvalue weighted by molar-refractivity contribution is 0.302. The average molecular weight is 269 g/mol. The van der Waals surface area contributed by atoms with E-state index in [1.54, 1.807) is 0 Å². The number of ether oxygens (including phenoxy) is 1. The molecule has 0 amide bonds. The zero-order valence-corrected chi connectivity index (χ0v) is 12.5. The Kier molecular flexibility index (Phi) is 4.80. The van der Waals surface area contributed by atoms with Crippen molar-refractivity contribution in [2.75, 3.05) is 0 Å². The van der Waals surface area contributed by atoms with Crippen molar-refractivity contribution in [2.45, 2.75) is 39.8 Å². The Morgan fingerprint density at radius 3 is 2.15 bits per heavy atom. The SMILES string of the molecule is Cc1cc(CC(C)N)cc(C)c1OCc1ccccc1. The summed E-state index contributed by atoms with van der Waals surface area (Å²) in [7, 11) is 0. The highest BCUT2D eigenvalue weighted by Gasteiger charge is 2.08. The van der Waals surface area contributed by atoms with E-state index in [2.05, 4.69) is 38.1 Å². The van der Waals surface area contributed by atoms with Gasteiger partial charge in [-0.15, -0.1) is 0 Å². The lowest BCUT2D eigenvalue weighted by Gasteiger charge is -2.15. The maximum atomic E-state index is 5.98. The molecule has 0 aliphatic heterocycles. The predicted molar refractivity (Wildman–Crippen MR) is 84.0 cm³/mol. The smallest absolute Gasteiger partial charge is 0.125 e. The van der Waals surface area contributed by atoms with E-state index in [4.69, 9.17) is 10.5 Å². The van der Waals surface area contributed by atoms with E-state index in [-0.39, 0.29) is 6.04 Å². The number of rotatable bonds is 5. The van der Waals surface area contributed by atoms with Gasteiger partial charge in [-0.25, -0.2) is 0 Å². The minimum absolute atomic E-state index is 0.185. The van der Waals surface area contributed by atoms with Crippen molar-refractivity contribution >= 4 is 0 Å². The standard InChI is InChI=1S/C18H23NO/c1-13-9-17(11-15(3)19)10-14(2)18(13)20-12-16-7-5-4-6-8-16/h4-10,15H,11-12,19H2,1-3H3. The van der Waals surface area contributed by atoms with Gasteiger partial charge in [-0.3, -0.25) is 0 Å². The monoisotopic (exact) mass is 269 g/mol. The van der Waals surface area contributed by atoms with Crippen LogP contribution in [0.25, 0.3) is 0 Å². The minimum Gasteiger partial charge on any atom is -0.488 e. The molecule has 2 aromatic carbocycles. The molecule has 1 unspecified atom stereocenters. The van der Waals surface area contributed by atoms with Gasteiger partial charge >= 0.3 is 0 Å². The van der Waals surface area contributed by atoms with Crippen LogP contribution in [0.1, 0.15) is 29.2 Å². The molecule has 0 saturated heterocycles. The third kappa shape index (κ3) is 3.84. The van der Waals surface area contributed by atoms with Gasteiger partial charge in [0, 0.05) is 6.04 Å². The molecule has 2 N–H and O–H groups in total. The molecule has 2 nitrogen and oxygen atoms in total. The van der Waals surface area contributed by atoms with Gasteiger partial charge in [0.1, 0.15) is 12.4 Å². The Morgan fingerprint density at radius 1 is 1.00 bits per heavy atom. The first kappa shape index (κ1) is 14.6. The zero-order valence-electron chi connectivity index (χ0n) is 12.5. The minimum atomic E-state index is 0.185. The van der Waals surface area contributed by atoms with Crippen LogP contribution < -0.4 is 10.5 Å². The van der Waals surface area contributed by atoms with Crippen LogP contribution in [0.4, 0.5) is 0 Å². The van der Waals surface area contributed by atoms with Gasteiger partial charge in [-0.2, -0.15) is 0 Å². The van der Waals surface area contributed by atoms with Crippen molar-refractivity contribution in [3.8, 4) is 5.75 Å². The lowest BCUT2D eigenvalue weighted by Crippen LogP contribution is -2.18. The highest BCUT2D eigenvalue weighted by molar-refractivity contribution is 5.43. The van der Waals surface area contributed by atoms with Crippen molar-refractivity contribution in [1.82, 2.24) is 0 Å². The summed E-state index contributed by atoms with van der Waals surface area (Å²) in [4.78, 5) is 0. The molecule has 0 heterocycles. The van der Waals surface area contributed by atoms with Crippen molar-refractivity contribution in [3.05, 3.63) is 64.7 Å². The van der Waals surface area contributed by atoms with Gasteiger partial charge in [0.05, 0.1) is 0 Å². The largest absolute Gasteiger partial charge is 0.488 e. The number of benzene rings is 2. The molecule has 0 saturated carbocycles. The summed E-state index contributed by atoms with van der Waals surface area (Å²) in [6.07, 6.45) is 0.903. The number of hydrogen-bond donors (Lipinski definition) is 1. The summed E-state index contributed by atoms with van der Waals surface area (Å²) in [5, 5.41) is 0. The molecular formula is C18H23NO. The van der Waals surface area contributed by atoms with E-state index < -0.39 is 0 Å². The van der Waals surface area contributed by atoms with Crippen LogP contribution in [0.5, 0.6) is 5.75 Å². The van der Waals surface area contributed by atoms with Gasteiger partial charge in [0.2, 0.25) is 0 Å². The fourth-order valence-electron chi connectivity index (χ4n) is 2.49. The maximum absolute atomic E-state index is 5.98. The third-order valence-corrected chi connectivity index (χ3v) is 3.30. The van der Waals surface area contributed by atoms with Crippen LogP contribution in [-0.4, -0.2) is 6.04 Å². The molecule has 2 rings (SSSR count). The molecule has 20 heavy (non-hydrogen) atoms. The van der Waals surface area contributed by atoms with Crippen molar-refractivity contribution in [1.29, 1.82) is 0 Å². The third-order valence-electron chi connectivity index (χ3n) is 3.30. The van der Waals surface area contributed by atoms with Crippen LogP contribution in [0.3, 0.4) is 0 Å². The number of aryl methyl sites for hydroxylation is 2. The Labute approximate surface area is 121 Å². The summed E-state index contributed by atoms with van der Waals surface area (Å²) < 4.78 is 5.98. The van der Waals surface area contributed by atoms with Crippen molar-refractivity contribution in [2.24, 2.45) is 5.73 Å². The van der Waals surface area contributed by atoms with Gasteiger partial charge in [-0.1, -0.05) is 42.5 Å². The normalized spacial score (nSPS) is 12.2. The number of hydrogen-bond acceptors (Lipinski definition) is 2. The van der Waals surface area contributed by atoms with Crippen LogP contribution >= 0.6 is 0 Å². The molecule has 0 aromatic heterocycles. The van der Waals surface area contributed by atoms with Crippen LogP contribution in [-0.2, 0) is 13.0 Å². The maximum Gasteiger partial charge on any atom is 0.125 e. The summed E-state index contributed by atoms with van der Waals surface area (Å²) in [5.41, 5.74) is 10.7. The van der Waals surface area contributed by atoms with E-state index in [0.29, 0.717) is 6.61 Å². The number of nitrogens with two attached hydrogens (primary N) is 1. The second-order valence-electron chi connectivity index (χ2n) is 5.51. The first-order valence-electron chi connectivity index (χ1n) is 7.08. The lowest BCUT2D eigenvalue weighted by atomic mass is 10.0. The molecule has 2 aromatic rings. The van der Waals surface area contributed by atoms with Crippen molar-refractivity contribution < 1.29 is 4.74 Å². The fourth-order valence-corrected chi connectivity index (χ4v) is 2.49. The van der Waals surface area contributed by atoms with Gasteiger partial charge in [-0.05, 0) is 49.4 Å². The topological polar surface area (TPSA) is 35.2 Å². The quantitative estimate of drug-likeness (QED) is 0.896. The summed E-state index contributed by atoms with van der Waals surface area (Å²) >= 11 is 0. The predicted octanol–water partition coefficient (Wildman–Crippen LogP) is 3.77. The molecule has 2 heteroatoms. The summed E-state index contributed by atoms with van der Waals surface area (Å²) in [5.74, 6) is 0.988. The van der Waals surface area contributed by atoms with E-state index in [9.17, 15) is 0 Å². The highest BCUT2D eigenvalue weighted by atomic mass is 16.5. The second-order valence-corrected chi connectivity index (χ2v) is 5.51. The molecule has 0 spiro atoms. The summed E-state index contributed by atoms with van der Waals surface area (Å²) in [6, 6.07) is 14.8. The summed E-state index contributed by atoms with van der Waals surface area (Å²) in [6.45, 7) is 6.83. The van der Waals surface area contributed by atoms with Gasteiger partial charge < -0.3 is 10.5 Å². The average Bonchev–Trinajstić information content (AvgIpc) is 2.38. The molecule has 106 valence electrons. The Bertz CT molecular complexity index is 538. The van der Waals surface area contributed by atoms with Crippen LogP contribution in [0.15, 0.2) is 42.5 Å². The van der Waals surface area contributed by atoms with Crippen molar-refractivity contribution in [3.63, 3.8) is 0 Å². The first-order valence-corrected chi connectivity index (χ1v) is 7.08. The van der Waals surface area contributed by atoms with E-state index in [1.807, 2.05) is 25.1 Å². The molecular weight excluding hydrogens is 246 g/mol. The van der Waals surface area contributed by atoms with E-state index in [1.165, 1.54) is 22.3 Å². The Balaban J connectivity index is 2.12. The van der Waals surface area contributed by atoms with Crippen LogP contribution in [0.2, 0.25) is 0 Å². The van der Waals surface area contributed by atoms with Gasteiger partial charge in [0.15, 0.2) is 0 Å². The molecule has 0 aliphatic carbocycles. The highest BCUT2D eigenvalue weighted by Crippen LogP contribution is 2.26. The zero-order chi connectivity index (χ0) is 14.5. The molecule has 1 atom stereocenters. The Hall–Kier alpha value is -1.80. The van der Waals surface area contributed by atoms with Crippen LogP contribution in [0, 0.1) is 13.8 Å². The molecule has 0 bridgehead atoms. The van der Waals surface area contributed by atoms with Gasteiger partial charge in [0.25, 0.3) is 0 Å². The van der Waals surface area contributed by atoms with E-state index in [0.717, 1.165) is 12.2 Å². The molecule has 0 fully saturated rings. The molecule has 0 aliphatic rings. The second kappa shape index (κ2) is 6.58. The first-order chi connectivity index (χ1) is 9.56. The Morgan fingerprint density at radius 2 is 1.60 bits per heavy atom. The fraction of sp³-hybridized carbons (Fsp3) is 0.333. The molecule has 0 radical (unpaired) electrons.